The fourth-order valence-electron chi connectivity index (χ4n) is 3.74. The summed E-state index contributed by atoms with van der Waals surface area (Å²) < 4.78 is 37.9. The first kappa shape index (κ1) is 21.3. The summed E-state index contributed by atoms with van der Waals surface area (Å²) in [6.07, 6.45) is 3.78. The quantitative estimate of drug-likeness (QED) is 0.709. The summed E-state index contributed by atoms with van der Waals surface area (Å²) >= 11 is 0. The lowest BCUT2D eigenvalue weighted by Gasteiger charge is -2.20. The number of Topliss-reactive ketones (excluding diaryl/α,β-unsaturated/α-hetero) is 1. The van der Waals surface area contributed by atoms with Gasteiger partial charge < -0.3 is 14.8 Å². The van der Waals surface area contributed by atoms with Crippen molar-refractivity contribution in [2.75, 3.05) is 25.2 Å². The minimum absolute atomic E-state index is 0.0526. The molecular weight excluding hydrogens is 420 g/mol. The molecule has 2 heterocycles. The standard InChI is InChI=1S/C22H24N2O6S/c1-15(25)18-12-20-21(30-14-29-20)13-19(18)23-22(26)16-6-8-17(9-7-16)31(27,28)24-10-4-2-3-5-11-24/h6-9,12-13H,2-5,10-11,14H2,1H3,(H,23,26). The molecule has 0 aromatic heterocycles. The smallest absolute Gasteiger partial charge is 0.255 e. The van der Waals surface area contributed by atoms with E-state index < -0.39 is 15.9 Å². The van der Waals surface area contributed by atoms with Crippen LogP contribution in [0, 0.1) is 0 Å². The molecule has 4 rings (SSSR count). The fraction of sp³-hybridized carbons (Fsp3) is 0.364. The molecule has 0 radical (unpaired) electrons. The molecule has 0 spiro atoms. The van der Waals surface area contributed by atoms with Gasteiger partial charge in [0.25, 0.3) is 5.91 Å². The molecule has 0 aliphatic carbocycles. The van der Waals surface area contributed by atoms with Crippen molar-refractivity contribution in [2.24, 2.45) is 0 Å². The molecule has 8 nitrogen and oxygen atoms in total. The van der Waals surface area contributed by atoms with Crippen LogP contribution in [-0.2, 0) is 10.0 Å². The number of nitrogens with zero attached hydrogens (tertiary/aromatic N) is 1. The topological polar surface area (TPSA) is 102 Å². The Morgan fingerprint density at radius 1 is 0.935 bits per heavy atom. The number of carbonyl (C=O) groups is 2. The average molecular weight is 445 g/mol. The second-order valence-corrected chi connectivity index (χ2v) is 9.54. The highest BCUT2D eigenvalue weighted by molar-refractivity contribution is 7.89. The second kappa shape index (κ2) is 8.68. The van der Waals surface area contributed by atoms with Gasteiger partial charge in [0.15, 0.2) is 17.3 Å². The zero-order chi connectivity index (χ0) is 22.0. The van der Waals surface area contributed by atoms with Gasteiger partial charge in [0, 0.05) is 30.3 Å². The van der Waals surface area contributed by atoms with Crippen LogP contribution in [0.2, 0.25) is 0 Å². The maximum atomic E-state index is 12.9. The van der Waals surface area contributed by atoms with Gasteiger partial charge in [-0.1, -0.05) is 12.8 Å². The Balaban J connectivity index is 1.53. The lowest BCUT2D eigenvalue weighted by Crippen LogP contribution is -2.31. The van der Waals surface area contributed by atoms with Gasteiger partial charge in [-0.05, 0) is 50.1 Å². The summed E-state index contributed by atoms with van der Waals surface area (Å²) in [5.41, 5.74) is 0.892. The molecule has 9 heteroatoms. The van der Waals surface area contributed by atoms with Crippen molar-refractivity contribution in [3.63, 3.8) is 0 Å². The number of nitrogens with one attached hydrogen (secondary N) is 1. The average Bonchev–Trinajstić information content (AvgIpc) is 3.02. The van der Waals surface area contributed by atoms with Crippen molar-refractivity contribution in [1.82, 2.24) is 4.31 Å². The molecule has 1 saturated heterocycles. The largest absolute Gasteiger partial charge is 0.454 e. The Morgan fingerprint density at radius 2 is 1.55 bits per heavy atom. The molecule has 2 aliphatic heterocycles. The first-order chi connectivity index (χ1) is 14.9. The minimum atomic E-state index is -3.58. The van der Waals surface area contributed by atoms with Gasteiger partial charge in [0.1, 0.15) is 0 Å². The van der Waals surface area contributed by atoms with Crippen LogP contribution in [0.5, 0.6) is 11.5 Å². The fourth-order valence-corrected chi connectivity index (χ4v) is 5.26. The number of carbonyl (C=O) groups excluding carboxylic acids is 2. The Labute approximate surface area is 181 Å². The zero-order valence-electron chi connectivity index (χ0n) is 17.2. The monoisotopic (exact) mass is 444 g/mol. The number of rotatable bonds is 5. The zero-order valence-corrected chi connectivity index (χ0v) is 18.0. The van der Waals surface area contributed by atoms with Crippen molar-refractivity contribution in [2.45, 2.75) is 37.5 Å². The van der Waals surface area contributed by atoms with E-state index in [1.165, 1.54) is 41.6 Å². The van der Waals surface area contributed by atoms with Crippen LogP contribution >= 0.6 is 0 Å². The highest BCUT2D eigenvalue weighted by atomic mass is 32.2. The van der Waals surface area contributed by atoms with Crippen molar-refractivity contribution in [1.29, 1.82) is 0 Å². The van der Waals surface area contributed by atoms with Gasteiger partial charge in [0.2, 0.25) is 16.8 Å². The number of sulfonamides is 1. The number of benzene rings is 2. The third-order valence-corrected chi connectivity index (χ3v) is 7.37. The number of anilines is 1. The number of hydrogen-bond donors (Lipinski definition) is 1. The van der Waals surface area contributed by atoms with Crippen LogP contribution in [0.15, 0.2) is 41.3 Å². The normalized spacial score (nSPS) is 16.5. The van der Waals surface area contributed by atoms with Gasteiger partial charge in [-0.2, -0.15) is 4.31 Å². The molecule has 2 aliphatic rings. The van der Waals surface area contributed by atoms with Crippen molar-refractivity contribution < 1.29 is 27.5 Å². The Bertz CT molecular complexity index is 1100. The van der Waals surface area contributed by atoms with Crippen LogP contribution in [0.3, 0.4) is 0 Å². The molecular formula is C22H24N2O6S. The molecule has 1 amide bonds. The second-order valence-electron chi connectivity index (χ2n) is 7.60. The number of ether oxygens (including phenoxy) is 2. The van der Waals surface area contributed by atoms with Crippen molar-refractivity contribution >= 4 is 27.4 Å². The molecule has 0 atom stereocenters. The molecule has 164 valence electrons. The third kappa shape index (κ3) is 4.42. The van der Waals surface area contributed by atoms with E-state index in [1.54, 1.807) is 6.07 Å². The Morgan fingerprint density at radius 3 is 2.16 bits per heavy atom. The van der Waals surface area contributed by atoms with E-state index >= 15 is 0 Å². The van der Waals surface area contributed by atoms with Crippen LogP contribution in [-0.4, -0.2) is 44.3 Å². The number of ketones is 1. The molecule has 0 unspecified atom stereocenters. The van der Waals surface area contributed by atoms with E-state index in [9.17, 15) is 18.0 Å². The van der Waals surface area contributed by atoms with Gasteiger partial charge >= 0.3 is 0 Å². The third-order valence-electron chi connectivity index (χ3n) is 5.46. The maximum absolute atomic E-state index is 12.9. The molecule has 31 heavy (non-hydrogen) atoms. The van der Waals surface area contributed by atoms with E-state index in [0.29, 0.717) is 35.8 Å². The molecule has 1 N–H and O–H groups in total. The van der Waals surface area contributed by atoms with Crippen LogP contribution in [0.25, 0.3) is 0 Å². The van der Waals surface area contributed by atoms with Gasteiger partial charge in [0.05, 0.1) is 10.6 Å². The van der Waals surface area contributed by atoms with E-state index in [2.05, 4.69) is 5.32 Å². The summed E-state index contributed by atoms with van der Waals surface area (Å²) in [5, 5.41) is 2.71. The van der Waals surface area contributed by atoms with E-state index in [4.69, 9.17) is 9.47 Å². The predicted octanol–water partition coefficient (Wildman–Crippen LogP) is 3.43. The van der Waals surface area contributed by atoms with Gasteiger partial charge in [-0.3, -0.25) is 9.59 Å². The Kier molecular flexibility index (Phi) is 5.97. The first-order valence-electron chi connectivity index (χ1n) is 10.2. The molecule has 2 aromatic rings. The molecule has 0 bridgehead atoms. The molecule has 2 aromatic carbocycles. The first-order valence-corrected chi connectivity index (χ1v) is 11.7. The highest BCUT2D eigenvalue weighted by Crippen LogP contribution is 2.37. The summed E-state index contributed by atoms with van der Waals surface area (Å²) in [7, 11) is -3.58. The van der Waals surface area contributed by atoms with E-state index in [1.807, 2.05) is 0 Å². The minimum Gasteiger partial charge on any atom is -0.454 e. The Hall–Kier alpha value is -2.91. The van der Waals surface area contributed by atoms with Crippen LogP contribution < -0.4 is 14.8 Å². The van der Waals surface area contributed by atoms with E-state index in [0.717, 1.165) is 25.7 Å². The maximum Gasteiger partial charge on any atom is 0.255 e. The van der Waals surface area contributed by atoms with Crippen LogP contribution in [0.1, 0.15) is 53.3 Å². The number of amides is 1. The number of fused-ring (bicyclic) bond motifs is 1. The lowest BCUT2D eigenvalue weighted by atomic mass is 10.1. The summed E-state index contributed by atoms with van der Waals surface area (Å²) in [4.78, 5) is 24.9. The van der Waals surface area contributed by atoms with E-state index in [-0.39, 0.29) is 23.0 Å². The highest BCUT2D eigenvalue weighted by Gasteiger charge is 2.25. The SMILES string of the molecule is CC(=O)c1cc2c(cc1NC(=O)c1ccc(S(=O)(=O)N3CCCCCC3)cc1)OCO2. The number of hydrogen-bond acceptors (Lipinski definition) is 6. The van der Waals surface area contributed by atoms with Crippen LogP contribution in [0.4, 0.5) is 5.69 Å². The summed E-state index contributed by atoms with van der Waals surface area (Å²) in [6, 6.07) is 8.93. The van der Waals surface area contributed by atoms with Crippen molar-refractivity contribution in [3.8, 4) is 11.5 Å². The summed E-state index contributed by atoms with van der Waals surface area (Å²) in [5.74, 6) is 0.207. The molecule has 0 saturated carbocycles. The van der Waals surface area contributed by atoms with Gasteiger partial charge in [-0.25, -0.2) is 8.42 Å². The van der Waals surface area contributed by atoms with Crippen molar-refractivity contribution in [3.05, 3.63) is 47.5 Å². The summed E-state index contributed by atoms with van der Waals surface area (Å²) in [6.45, 7) is 2.48. The molecule has 1 fully saturated rings. The predicted molar refractivity (Wildman–Crippen MR) is 114 cm³/mol. The lowest BCUT2D eigenvalue weighted by molar-refractivity contribution is 0.101. The van der Waals surface area contributed by atoms with Gasteiger partial charge in [-0.15, -0.1) is 0 Å².